The molecule has 0 aliphatic heterocycles. The summed E-state index contributed by atoms with van der Waals surface area (Å²) in [7, 11) is -1.68. The Bertz CT molecular complexity index is 748. The fourth-order valence-electron chi connectivity index (χ4n) is 5.57. The van der Waals surface area contributed by atoms with Crippen LogP contribution < -0.4 is 4.43 Å². The van der Waals surface area contributed by atoms with E-state index < -0.39 is 8.32 Å². The summed E-state index contributed by atoms with van der Waals surface area (Å²) < 4.78 is 6.09. The second-order valence-electron chi connectivity index (χ2n) is 9.39. The number of benzene rings is 1. The van der Waals surface area contributed by atoms with Crippen molar-refractivity contribution in [2.24, 2.45) is 17.3 Å². The summed E-state index contributed by atoms with van der Waals surface area (Å²) in [6.07, 6.45) is 4.27. The number of hydrogen-bond acceptors (Lipinski definition) is 3. The van der Waals surface area contributed by atoms with E-state index in [2.05, 4.69) is 32.6 Å². The van der Waals surface area contributed by atoms with E-state index in [9.17, 15) is 9.59 Å². The molecule has 0 unspecified atom stereocenters. The predicted octanol–water partition coefficient (Wildman–Crippen LogP) is 4.97. The summed E-state index contributed by atoms with van der Waals surface area (Å²) >= 11 is 0. The zero-order chi connectivity index (χ0) is 18.0. The molecule has 3 aliphatic rings. The topological polar surface area (TPSA) is 43.4 Å². The molecule has 0 radical (unpaired) electrons. The molecule has 0 spiro atoms. The molecule has 0 saturated heterocycles. The van der Waals surface area contributed by atoms with Gasteiger partial charge in [0.15, 0.2) is 5.78 Å². The van der Waals surface area contributed by atoms with Crippen molar-refractivity contribution in [3.63, 3.8) is 0 Å². The van der Waals surface area contributed by atoms with Gasteiger partial charge in [-0.1, -0.05) is 13.0 Å². The molecule has 3 aliphatic carbocycles. The Morgan fingerprint density at radius 1 is 1.16 bits per heavy atom. The van der Waals surface area contributed by atoms with Crippen LogP contribution in [0, 0.1) is 17.3 Å². The van der Waals surface area contributed by atoms with Gasteiger partial charge in [0.2, 0.25) is 8.32 Å². The molecule has 0 amide bonds. The molecule has 1 aromatic rings. The third-order valence-corrected chi connectivity index (χ3v) is 7.56. The highest BCUT2D eigenvalue weighted by atomic mass is 28.4. The van der Waals surface area contributed by atoms with Crippen molar-refractivity contribution in [3.05, 3.63) is 29.3 Å². The quantitative estimate of drug-likeness (QED) is 0.703. The van der Waals surface area contributed by atoms with Gasteiger partial charge in [-0.15, -0.1) is 0 Å². The van der Waals surface area contributed by atoms with Crippen molar-refractivity contribution in [1.29, 1.82) is 0 Å². The Balaban J connectivity index is 1.69. The molecule has 2 fully saturated rings. The highest BCUT2D eigenvalue weighted by molar-refractivity contribution is 6.70. The fourth-order valence-corrected chi connectivity index (χ4v) is 6.40. The Kier molecular flexibility index (Phi) is 3.77. The number of carbonyl (C=O) groups excluding carboxylic acids is 2. The molecule has 0 aromatic heterocycles. The van der Waals surface area contributed by atoms with Crippen LogP contribution in [0.1, 0.15) is 60.9 Å². The largest absolute Gasteiger partial charge is 0.544 e. The van der Waals surface area contributed by atoms with Gasteiger partial charge < -0.3 is 4.43 Å². The van der Waals surface area contributed by atoms with Crippen LogP contribution in [0.25, 0.3) is 0 Å². The standard InChI is InChI=1S/C21H28O3Si/c1-21-10-9-15-14-6-5-13(24-25(2,3)4)11-17(14)19(22)12-16(15)18(21)7-8-20(21)23/h5-6,11,15-16,18H,7-10,12H2,1-4H3/t15-,16-,18+,21+/m1/s1. The molecule has 4 heteroatoms. The van der Waals surface area contributed by atoms with Gasteiger partial charge in [0.05, 0.1) is 0 Å². The lowest BCUT2D eigenvalue weighted by Crippen LogP contribution is -2.43. The maximum absolute atomic E-state index is 12.9. The summed E-state index contributed by atoms with van der Waals surface area (Å²) in [6, 6.07) is 6.14. The lowest BCUT2D eigenvalue weighted by atomic mass is 9.55. The van der Waals surface area contributed by atoms with E-state index in [1.807, 2.05) is 12.1 Å². The third-order valence-electron chi connectivity index (χ3n) is 6.72. The second-order valence-corrected chi connectivity index (χ2v) is 13.8. The van der Waals surface area contributed by atoms with Crippen molar-refractivity contribution >= 4 is 19.9 Å². The van der Waals surface area contributed by atoms with Crippen molar-refractivity contribution < 1.29 is 14.0 Å². The highest BCUT2D eigenvalue weighted by Gasteiger charge is 2.55. The van der Waals surface area contributed by atoms with Crippen LogP contribution in [0.2, 0.25) is 19.6 Å². The van der Waals surface area contributed by atoms with Crippen molar-refractivity contribution in [3.8, 4) is 5.75 Å². The van der Waals surface area contributed by atoms with Crippen LogP contribution in [0.15, 0.2) is 18.2 Å². The molecular formula is C21H28O3Si. The second kappa shape index (κ2) is 5.54. The van der Waals surface area contributed by atoms with Gasteiger partial charge in [-0.3, -0.25) is 9.59 Å². The first-order chi connectivity index (χ1) is 11.7. The minimum Gasteiger partial charge on any atom is -0.544 e. The fraction of sp³-hybridized carbons (Fsp3) is 0.619. The van der Waals surface area contributed by atoms with Crippen LogP contribution in [-0.4, -0.2) is 19.9 Å². The number of Topliss-reactive ketones (excluding diaryl/α,β-unsaturated/α-hetero) is 2. The van der Waals surface area contributed by atoms with Crippen LogP contribution >= 0.6 is 0 Å². The molecule has 0 heterocycles. The first kappa shape index (κ1) is 17.0. The van der Waals surface area contributed by atoms with E-state index >= 15 is 0 Å². The van der Waals surface area contributed by atoms with Gasteiger partial charge >= 0.3 is 0 Å². The van der Waals surface area contributed by atoms with Crippen LogP contribution in [0.3, 0.4) is 0 Å². The predicted molar refractivity (Wildman–Crippen MR) is 101 cm³/mol. The monoisotopic (exact) mass is 356 g/mol. The normalized spacial score (nSPS) is 34.3. The molecule has 3 nitrogen and oxygen atoms in total. The smallest absolute Gasteiger partial charge is 0.242 e. The Hall–Kier alpha value is -1.42. The average Bonchev–Trinajstić information content (AvgIpc) is 2.82. The minimum atomic E-state index is -1.68. The van der Waals surface area contributed by atoms with Gasteiger partial charge in [-0.25, -0.2) is 0 Å². The summed E-state index contributed by atoms with van der Waals surface area (Å²) in [5.41, 5.74) is 1.88. The van der Waals surface area contributed by atoms with Gasteiger partial charge in [-0.2, -0.15) is 0 Å². The summed E-state index contributed by atoms with van der Waals surface area (Å²) in [4.78, 5) is 25.3. The Morgan fingerprint density at radius 3 is 2.64 bits per heavy atom. The Morgan fingerprint density at radius 2 is 1.92 bits per heavy atom. The first-order valence-electron chi connectivity index (χ1n) is 9.58. The van der Waals surface area contributed by atoms with Gasteiger partial charge in [0.25, 0.3) is 0 Å². The van der Waals surface area contributed by atoms with Gasteiger partial charge in [-0.05, 0) is 74.4 Å². The third kappa shape index (κ3) is 2.69. The lowest BCUT2D eigenvalue weighted by Gasteiger charge is -2.47. The van der Waals surface area contributed by atoms with Crippen molar-refractivity contribution in [2.75, 3.05) is 0 Å². The molecule has 1 aromatic carbocycles. The highest BCUT2D eigenvalue weighted by Crippen LogP contribution is 2.59. The first-order valence-corrected chi connectivity index (χ1v) is 13.0. The summed E-state index contributed by atoms with van der Waals surface area (Å²) in [6.45, 7) is 8.62. The average molecular weight is 357 g/mol. The number of hydrogen-bond donors (Lipinski definition) is 0. The van der Waals surface area contributed by atoms with Gasteiger partial charge in [0.1, 0.15) is 11.5 Å². The van der Waals surface area contributed by atoms with E-state index in [-0.39, 0.29) is 11.2 Å². The van der Waals surface area contributed by atoms with E-state index in [4.69, 9.17) is 4.43 Å². The van der Waals surface area contributed by atoms with Crippen molar-refractivity contribution in [2.45, 2.75) is 64.6 Å². The van der Waals surface area contributed by atoms with Crippen LogP contribution in [-0.2, 0) is 4.79 Å². The number of ketones is 2. The molecule has 4 rings (SSSR count). The molecule has 25 heavy (non-hydrogen) atoms. The minimum absolute atomic E-state index is 0.181. The maximum atomic E-state index is 12.9. The molecule has 2 saturated carbocycles. The summed E-state index contributed by atoms with van der Waals surface area (Å²) in [5, 5.41) is 0. The molecule has 134 valence electrons. The van der Waals surface area contributed by atoms with E-state index in [0.717, 1.165) is 30.6 Å². The van der Waals surface area contributed by atoms with Crippen LogP contribution in [0.5, 0.6) is 5.75 Å². The molecular weight excluding hydrogens is 328 g/mol. The lowest BCUT2D eigenvalue weighted by molar-refractivity contribution is -0.129. The molecule has 0 N–H and O–H groups in total. The zero-order valence-electron chi connectivity index (χ0n) is 15.7. The number of fused-ring (bicyclic) bond motifs is 5. The van der Waals surface area contributed by atoms with Gasteiger partial charge in [0, 0.05) is 23.8 Å². The number of carbonyl (C=O) groups is 2. The van der Waals surface area contributed by atoms with E-state index in [1.54, 1.807) is 0 Å². The van der Waals surface area contributed by atoms with Crippen LogP contribution in [0.4, 0.5) is 0 Å². The maximum Gasteiger partial charge on any atom is 0.242 e. The number of rotatable bonds is 2. The molecule has 0 bridgehead atoms. The van der Waals surface area contributed by atoms with Crippen molar-refractivity contribution in [1.82, 2.24) is 0 Å². The summed E-state index contributed by atoms with van der Waals surface area (Å²) in [5.74, 6) is 2.65. The van der Waals surface area contributed by atoms with E-state index in [1.165, 1.54) is 5.56 Å². The Labute approximate surface area is 151 Å². The van der Waals surface area contributed by atoms with E-state index in [0.29, 0.717) is 36.4 Å². The zero-order valence-corrected chi connectivity index (χ0v) is 16.7. The molecule has 4 atom stereocenters. The SMILES string of the molecule is C[C@]12CC[C@@H]3c4ccc(O[Si](C)(C)C)cc4C(=O)C[C@H]3[C@@H]1CCC2=O.